The molecule has 1 N–H and O–H groups in total. The van der Waals surface area contributed by atoms with Crippen LogP contribution in [0.1, 0.15) is 28.3 Å². The van der Waals surface area contributed by atoms with E-state index >= 15 is 0 Å². The normalized spacial score (nSPS) is 32.0. The molecule has 2 aliphatic heterocycles. The van der Waals surface area contributed by atoms with E-state index in [4.69, 9.17) is 11.6 Å². The zero-order valence-corrected chi connectivity index (χ0v) is 21.3. The molecule has 3 fully saturated rings. The van der Waals surface area contributed by atoms with Crippen molar-refractivity contribution in [2.45, 2.75) is 28.8 Å². The van der Waals surface area contributed by atoms with Crippen LogP contribution in [-0.2, 0) is 15.8 Å². The van der Waals surface area contributed by atoms with Crippen molar-refractivity contribution in [1.82, 2.24) is 4.98 Å². The number of carbonyl (C=O) groups is 2. The van der Waals surface area contributed by atoms with Gasteiger partial charge in [0, 0.05) is 21.1 Å². The number of nitrogens with zero attached hydrogens (tertiary/aromatic N) is 1. The fourth-order valence-corrected chi connectivity index (χ4v) is 10.2. The van der Waals surface area contributed by atoms with E-state index in [0.29, 0.717) is 11.4 Å². The lowest BCUT2D eigenvalue weighted by Crippen LogP contribution is -2.42. The third-order valence-corrected chi connectivity index (χ3v) is 11.2. The average molecular weight is 563 g/mol. The Morgan fingerprint density at radius 2 is 1.68 bits per heavy atom. The molecule has 190 valence electrons. The van der Waals surface area contributed by atoms with Gasteiger partial charge >= 0.3 is 11.0 Å². The summed E-state index contributed by atoms with van der Waals surface area (Å²) in [5, 5.41) is 1.39. The molecule has 5 nitrogen and oxygen atoms in total. The minimum atomic E-state index is -4.58. The fourth-order valence-electron chi connectivity index (χ4n) is 7.14. The number of imide groups is 1. The SMILES string of the molecule is O=C1[C@@H]2[C@H]3C[C@H]([C@H]4Sc5[nH]c(=O)sc5[C@@H](c5ccc(Cl)cc5)[C@H]34)[C@@H]2C(=O)N1c1cccc(C(F)(F)F)c1. The third-order valence-electron chi connectivity index (χ3n) is 8.38. The zero-order chi connectivity index (χ0) is 25.8. The molecule has 0 radical (unpaired) electrons. The number of thiazole rings is 1. The fraction of sp³-hybridized carbons (Fsp3) is 0.346. The van der Waals surface area contributed by atoms with Gasteiger partial charge in [0.1, 0.15) is 0 Å². The standard InChI is InChI=1S/C26H18ClF3N2O3S2/c27-12-6-4-10(5-7-12)16-17-14-9-15(20(17)36-22-21(16)37-25(35)31-22)19-18(14)23(33)32(24(19)34)13-3-1-2-11(8-13)26(28,29)30/h1-8,14-20H,9H2,(H,31,35)/t14-,15-,16-,17-,18+,19-,20+/m0/s1. The van der Waals surface area contributed by atoms with Crippen LogP contribution in [-0.4, -0.2) is 22.0 Å². The molecule has 1 saturated heterocycles. The second-order valence-corrected chi connectivity index (χ2v) is 12.7. The summed E-state index contributed by atoms with van der Waals surface area (Å²) >= 11 is 8.87. The zero-order valence-electron chi connectivity index (χ0n) is 18.9. The molecule has 3 heterocycles. The number of amides is 2. The van der Waals surface area contributed by atoms with E-state index in [0.717, 1.165) is 32.5 Å². The monoisotopic (exact) mass is 562 g/mol. The van der Waals surface area contributed by atoms with Gasteiger partial charge < -0.3 is 4.98 Å². The van der Waals surface area contributed by atoms with Gasteiger partial charge in [0.05, 0.1) is 28.1 Å². The maximum Gasteiger partial charge on any atom is 0.416 e. The molecule has 0 spiro atoms. The van der Waals surface area contributed by atoms with E-state index in [9.17, 15) is 27.6 Å². The second kappa shape index (κ2) is 7.97. The number of aromatic nitrogens is 1. The Balaban J connectivity index is 1.30. The number of alkyl halides is 3. The van der Waals surface area contributed by atoms with Crippen LogP contribution in [0.3, 0.4) is 0 Å². The lowest BCUT2D eigenvalue weighted by molar-refractivity contribution is -0.137. The Labute approximate surface area is 222 Å². The Kier molecular flexibility index (Phi) is 5.07. The number of H-pyrrole nitrogens is 1. The number of hydrogen-bond donors (Lipinski definition) is 1. The summed E-state index contributed by atoms with van der Waals surface area (Å²) in [6, 6.07) is 11.9. The summed E-state index contributed by atoms with van der Waals surface area (Å²) < 4.78 is 40.0. The lowest BCUT2D eigenvalue weighted by atomic mass is 9.68. The molecule has 2 amide bonds. The highest BCUT2D eigenvalue weighted by molar-refractivity contribution is 8.00. The van der Waals surface area contributed by atoms with Crippen LogP contribution in [0.4, 0.5) is 18.9 Å². The average Bonchev–Trinajstić information content (AvgIpc) is 3.58. The summed E-state index contributed by atoms with van der Waals surface area (Å²) in [5.41, 5.74) is 0.0600. The number of nitrogens with one attached hydrogen (secondary N) is 1. The number of carbonyl (C=O) groups excluding carboxylic acids is 2. The number of fused-ring (bicyclic) bond motifs is 9. The summed E-state index contributed by atoms with van der Waals surface area (Å²) in [6.07, 6.45) is -3.88. The van der Waals surface area contributed by atoms with Gasteiger partial charge in [-0.1, -0.05) is 41.1 Å². The van der Waals surface area contributed by atoms with Crippen LogP contribution >= 0.6 is 34.7 Å². The van der Waals surface area contributed by atoms with E-state index < -0.39 is 35.4 Å². The second-order valence-electron chi connectivity index (χ2n) is 10.1. The van der Waals surface area contributed by atoms with Crippen molar-refractivity contribution in [2.24, 2.45) is 29.6 Å². The Hall–Kier alpha value is -2.56. The number of rotatable bonds is 2. The minimum absolute atomic E-state index is 0.00267. The molecule has 2 aromatic carbocycles. The summed E-state index contributed by atoms with van der Waals surface area (Å²) in [5.74, 6) is -2.35. The smallest absolute Gasteiger partial charge is 0.307 e. The van der Waals surface area contributed by atoms with E-state index in [1.54, 1.807) is 23.9 Å². The first-order chi connectivity index (χ1) is 17.6. The number of anilines is 1. The molecule has 0 unspecified atom stereocenters. The molecule has 3 aromatic rings. The summed E-state index contributed by atoms with van der Waals surface area (Å²) in [7, 11) is 0. The highest BCUT2D eigenvalue weighted by Gasteiger charge is 2.69. The van der Waals surface area contributed by atoms with Crippen LogP contribution in [0, 0.1) is 29.6 Å². The number of benzene rings is 2. The Morgan fingerprint density at radius 3 is 2.38 bits per heavy atom. The van der Waals surface area contributed by atoms with Crippen molar-refractivity contribution < 1.29 is 22.8 Å². The van der Waals surface area contributed by atoms with E-state index in [-0.39, 0.29) is 39.5 Å². The maximum atomic E-state index is 13.7. The predicted molar refractivity (Wildman–Crippen MR) is 134 cm³/mol. The first-order valence-corrected chi connectivity index (χ1v) is 13.9. The molecule has 11 heteroatoms. The molecule has 2 saturated carbocycles. The largest absolute Gasteiger partial charge is 0.416 e. The number of hydrogen-bond acceptors (Lipinski definition) is 5. The summed E-state index contributed by atoms with van der Waals surface area (Å²) in [6.45, 7) is 0. The van der Waals surface area contributed by atoms with Crippen molar-refractivity contribution in [3.05, 3.63) is 79.2 Å². The number of halogens is 4. The van der Waals surface area contributed by atoms with Crippen molar-refractivity contribution >= 4 is 52.2 Å². The molecular weight excluding hydrogens is 545 g/mol. The van der Waals surface area contributed by atoms with E-state index in [2.05, 4.69) is 4.98 Å². The van der Waals surface area contributed by atoms with Gasteiger partial charge in [0.25, 0.3) is 0 Å². The third kappa shape index (κ3) is 3.34. The minimum Gasteiger partial charge on any atom is -0.307 e. The van der Waals surface area contributed by atoms with Crippen molar-refractivity contribution in [1.29, 1.82) is 0 Å². The van der Waals surface area contributed by atoms with Crippen LogP contribution in [0.5, 0.6) is 0 Å². The van der Waals surface area contributed by atoms with Crippen LogP contribution < -0.4 is 9.77 Å². The van der Waals surface area contributed by atoms with Crippen molar-refractivity contribution in [2.75, 3.05) is 4.90 Å². The first kappa shape index (κ1) is 23.5. The molecular formula is C26H18ClF3N2O3S2. The molecule has 7 atom stereocenters. The molecule has 1 aromatic heterocycles. The van der Waals surface area contributed by atoms with Gasteiger partial charge in [-0.3, -0.25) is 19.3 Å². The maximum absolute atomic E-state index is 13.7. The highest BCUT2D eigenvalue weighted by atomic mass is 35.5. The molecule has 7 rings (SSSR count). The van der Waals surface area contributed by atoms with Gasteiger partial charge in [-0.15, -0.1) is 11.8 Å². The highest BCUT2D eigenvalue weighted by Crippen LogP contribution is 2.68. The number of thioether (sulfide) groups is 1. The van der Waals surface area contributed by atoms with Gasteiger partial charge in [0.2, 0.25) is 11.8 Å². The Bertz CT molecular complexity index is 1520. The predicted octanol–water partition coefficient (Wildman–Crippen LogP) is 5.79. The quantitative estimate of drug-likeness (QED) is 0.402. The Morgan fingerprint density at radius 1 is 0.973 bits per heavy atom. The van der Waals surface area contributed by atoms with Gasteiger partial charge in [-0.05, 0) is 60.1 Å². The van der Waals surface area contributed by atoms with Crippen molar-refractivity contribution in [3.63, 3.8) is 0 Å². The van der Waals surface area contributed by atoms with E-state index in [1.165, 1.54) is 23.5 Å². The van der Waals surface area contributed by atoms with Crippen LogP contribution in [0.15, 0.2) is 58.4 Å². The first-order valence-electron chi connectivity index (χ1n) is 11.8. The topological polar surface area (TPSA) is 70.2 Å². The van der Waals surface area contributed by atoms with Crippen LogP contribution in [0.25, 0.3) is 0 Å². The van der Waals surface area contributed by atoms with Gasteiger partial charge in [-0.25, -0.2) is 0 Å². The molecule has 2 bridgehead atoms. The van der Waals surface area contributed by atoms with Gasteiger partial charge in [0.15, 0.2) is 0 Å². The summed E-state index contributed by atoms with van der Waals surface area (Å²) in [4.78, 5) is 44.3. The van der Waals surface area contributed by atoms with Crippen LogP contribution in [0.2, 0.25) is 5.02 Å². The molecule has 2 aliphatic carbocycles. The molecule has 37 heavy (non-hydrogen) atoms. The lowest BCUT2D eigenvalue weighted by Gasteiger charge is -2.43. The number of aromatic amines is 1. The van der Waals surface area contributed by atoms with E-state index in [1.807, 2.05) is 12.1 Å². The van der Waals surface area contributed by atoms with Gasteiger partial charge in [-0.2, -0.15) is 13.2 Å². The molecule has 4 aliphatic rings. The van der Waals surface area contributed by atoms with Crippen molar-refractivity contribution in [3.8, 4) is 0 Å².